The highest BCUT2D eigenvalue weighted by Crippen LogP contribution is 2.11. The Bertz CT molecular complexity index is 314. The van der Waals surface area contributed by atoms with Crippen LogP contribution in [0.15, 0.2) is 19.0 Å². The van der Waals surface area contributed by atoms with E-state index >= 15 is 0 Å². The smallest absolute Gasteiger partial charge is 0.116 e. The van der Waals surface area contributed by atoms with Crippen LogP contribution in [0.1, 0.15) is 23.9 Å². The minimum Gasteiger partial charge on any atom is -0.241 e. The van der Waals surface area contributed by atoms with Crippen LogP contribution in [-0.4, -0.2) is 9.97 Å². The molecule has 0 fully saturated rings. The van der Waals surface area contributed by atoms with Gasteiger partial charge in [0.25, 0.3) is 0 Å². The molecule has 0 unspecified atom stereocenters. The molecule has 0 radical (unpaired) electrons. The Morgan fingerprint density at radius 3 is 2.75 bits per heavy atom. The molecule has 0 aromatic carbocycles. The van der Waals surface area contributed by atoms with Gasteiger partial charge in [-0.1, -0.05) is 18.7 Å². The minimum atomic E-state index is 0.931. The zero-order valence-electron chi connectivity index (χ0n) is 7.41. The van der Waals surface area contributed by atoms with Gasteiger partial charge in [-0.2, -0.15) is 0 Å². The van der Waals surface area contributed by atoms with E-state index in [-0.39, 0.29) is 0 Å². The molecule has 1 heterocycles. The number of allylic oxidation sites excluding steroid dienone is 1. The predicted molar refractivity (Wildman–Crippen MR) is 51.6 cm³/mol. The van der Waals surface area contributed by atoms with E-state index in [1.165, 1.54) is 0 Å². The molecule has 0 atom stereocenters. The highest BCUT2D eigenvalue weighted by atomic mass is 14.8. The van der Waals surface area contributed by atoms with Crippen molar-refractivity contribution in [3.05, 3.63) is 35.9 Å². The molecule has 62 valence electrons. The lowest BCUT2D eigenvalue weighted by molar-refractivity contribution is 1.08. The molecule has 0 saturated carbocycles. The van der Waals surface area contributed by atoms with E-state index in [4.69, 9.17) is 0 Å². The second kappa shape index (κ2) is 3.81. The molecule has 12 heavy (non-hydrogen) atoms. The van der Waals surface area contributed by atoms with Crippen molar-refractivity contribution in [3.63, 3.8) is 0 Å². The summed E-state index contributed by atoms with van der Waals surface area (Å²) in [5.74, 6) is 0. The quantitative estimate of drug-likeness (QED) is 0.664. The summed E-state index contributed by atoms with van der Waals surface area (Å²) in [6.07, 6.45) is 7.25. The fraction of sp³-hybridized carbons (Fsp3) is 0.200. The van der Waals surface area contributed by atoms with Gasteiger partial charge in [0.1, 0.15) is 6.33 Å². The maximum Gasteiger partial charge on any atom is 0.116 e. The molecule has 0 amide bonds. The number of rotatable bonds is 2. The first-order valence-corrected chi connectivity index (χ1v) is 3.86. The lowest BCUT2D eigenvalue weighted by atomic mass is 10.1. The molecule has 1 aromatic rings. The average Bonchev–Trinajstić information content (AvgIpc) is 2.05. The summed E-state index contributed by atoms with van der Waals surface area (Å²) >= 11 is 0. The summed E-state index contributed by atoms with van der Waals surface area (Å²) in [5, 5.41) is 0. The summed E-state index contributed by atoms with van der Waals surface area (Å²) in [6.45, 7) is 7.63. The van der Waals surface area contributed by atoms with Gasteiger partial charge in [0.05, 0.1) is 5.69 Å². The SMILES string of the molecule is C=Cc1c(C)ncnc1/C=C\C. The van der Waals surface area contributed by atoms with E-state index in [0.717, 1.165) is 17.0 Å². The Kier molecular flexibility index (Phi) is 2.75. The van der Waals surface area contributed by atoms with Crippen LogP contribution in [0.2, 0.25) is 0 Å². The van der Waals surface area contributed by atoms with Crippen molar-refractivity contribution in [1.82, 2.24) is 9.97 Å². The monoisotopic (exact) mass is 160 g/mol. The Labute approximate surface area is 72.7 Å². The molecule has 0 aliphatic rings. The third-order valence-electron chi connectivity index (χ3n) is 1.64. The molecule has 0 aliphatic carbocycles. The molecule has 0 N–H and O–H groups in total. The van der Waals surface area contributed by atoms with E-state index in [1.807, 2.05) is 26.0 Å². The molecule has 2 heteroatoms. The van der Waals surface area contributed by atoms with Crippen molar-refractivity contribution < 1.29 is 0 Å². The first-order chi connectivity index (χ1) is 5.79. The second-order valence-corrected chi connectivity index (χ2v) is 2.46. The molecule has 0 aliphatic heterocycles. The van der Waals surface area contributed by atoms with Gasteiger partial charge in [-0.05, 0) is 19.9 Å². The maximum atomic E-state index is 4.13. The molecule has 1 rings (SSSR count). The zero-order chi connectivity index (χ0) is 8.97. The van der Waals surface area contributed by atoms with Crippen LogP contribution in [0.5, 0.6) is 0 Å². The van der Waals surface area contributed by atoms with Crippen LogP contribution in [0.25, 0.3) is 12.2 Å². The topological polar surface area (TPSA) is 25.8 Å². The minimum absolute atomic E-state index is 0.931. The summed E-state index contributed by atoms with van der Waals surface area (Å²) < 4.78 is 0. The predicted octanol–water partition coefficient (Wildman–Crippen LogP) is 2.46. The van der Waals surface area contributed by atoms with Crippen molar-refractivity contribution in [2.45, 2.75) is 13.8 Å². The average molecular weight is 160 g/mol. The van der Waals surface area contributed by atoms with Gasteiger partial charge in [0.2, 0.25) is 0 Å². The van der Waals surface area contributed by atoms with E-state index in [9.17, 15) is 0 Å². The zero-order valence-corrected chi connectivity index (χ0v) is 7.41. The molecular formula is C10H12N2. The van der Waals surface area contributed by atoms with Gasteiger partial charge in [-0.25, -0.2) is 9.97 Å². The summed E-state index contributed by atoms with van der Waals surface area (Å²) in [6, 6.07) is 0. The molecule has 2 nitrogen and oxygen atoms in total. The molecule has 0 bridgehead atoms. The standard InChI is InChI=1S/C10H12N2/c1-4-6-10-9(5-2)8(3)11-7-12-10/h4-7H,2H2,1,3H3/b6-4-. The van der Waals surface area contributed by atoms with Crippen molar-refractivity contribution in [1.29, 1.82) is 0 Å². The molecular weight excluding hydrogens is 148 g/mol. The number of nitrogens with zero attached hydrogens (tertiary/aromatic N) is 2. The van der Waals surface area contributed by atoms with Crippen molar-refractivity contribution in [2.75, 3.05) is 0 Å². The number of aromatic nitrogens is 2. The van der Waals surface area contributed by atoms with Gasteiger partial charge in [0, 0.05) is 11.3 Å². The van der Waals surface area contributed by atoms with Crippen molar-refractivity contribution in [3.8, 4) is 0 Å². The highest BCUT2D eigenvalue weighted by molar-refractivity contribution is 5.62. The third-order valence-corrected chi connectivity index (χ3v) is 1.64. The van der Waals surface area contributed by atoms with Gasteiger partial charge >= 0.3 is 0 Å². The number of aryl methyl sites for hydroxylation is 1. The Hall–Kier alpha value is -1.44. The van der Waals surface area contributed by atoms with Crippen LogP contribution in [0.4, 0.5) is 0 Å². The third kappa shape index (κ3) is 1.59. The first-order valence-electron chi connectivity index (χ1n) is 3.86. The van der Waals surface area contributed by atoms with Crippen LogP contribution >= 0.6 is 0 Å². The van der Waals surface area contributed by atoms with Crippen LogP contribution in [0.3, 0.4) is 0 Å². The van der Waals surface area contributed by atoms with Crippen molar-refractivity contribution >= 4 is 12.2 Å². The normalized spacial score (nSPS) is 10.5. The van der Waals surface area contributed by atoms with Crippen LogP contribution < -0.4 is 0 Å². The lowest BCUT2D eigenvalue weighted by Gasteiger charge is -2.01. The van der Waals surface area contributed by atoms with Crippen LogP contribution in [-0.2, 0) is 0 Å². The molecule has 0 spiro atoms. The van der Waals surface area contributed by atoms with E-state index in [1.54, 1.807) is 12.4 Å². The molecule has 1 aromatic heterocycles. The number of hydrogen-bond donors (Lipinski definition) is 0. The second-order valence-electron chi connectivity index (χ2n) is 2.46. The summed E-state index contributed by atoms with van der Waals surface area (Å²) in [7, 11) is 0. The summed E-state index contributed by atoms with van der Waals surface area (Å²) in [5.41, 5.74) is 2.91. The van der Waals surface area contributed by atoms with E-state index < -0.39 is 0 Å². The number of hydrogen-bond acceptors (Lipinski definition) is 2. The van der Waals surface area contributed by atoms with Gasteiger partial charge in [-0.3, -0.25) is 0 Å². The van der Waals surface area contributed by atoms with Gasteiger partial charge < -0.3 is 0 Å². The van der Waals surface area contributed by atoms with E-state index in [0.29, 0.717) is 0 Å². The largest absolute Gasteiger partial charge is 0.241 e. The Balaban J connectivity index is 3.27. The fourth-order valence-electron chi connectivity index (χ4n) is 1.05. The molecule has 0 saturated heterocycles. The highest BCUT2D eigenvalue weighted by Gasteiger charge is 1.99. The Morgan fingerprint density at radius 1 is 1.42 bits per heavy atom. The van der Waals surface area contributed by atoms with Crippen LogP contribution in [0, 0.1) is 6.92 Å². The maximum absolute atomic E-state index is 4.13. The fourth-order valence-corrected chi connectivity index (χ4v) is 1.05. The van der Waals surface area contributed by atoms with Gasteiger partial charge in [-0.15, -0.1) is 0 Å². The van der Waals surface area contributed by atoms with Gasteiger partial charge in [0.15, 0.2) is 0 Å². The van der Waals surface area contributed by atoms with Crippen molar-refractivity contribution in [2.24, 2.45) is 0 Å². The Morgan fingerprint density at radius 2 is 2.17 bits per heavy atom. The first kappa shape index (κ1) is 8.65. The summed E-state index contributed by atoms with van der Waals surface area (Å²) in [4.78, 5) is 8.21. The lowest BCUT2D eigenvalue weighted by Crippen LogP contribution is -1.93. The van der Waals surface area contributed by atoms with E-state index in [2.05, 4.69) is 16.5 Å².